The fraction of sp³-hybridized carbons (Fsp3) is 0.304. The van der Waals surface area contributed by atoms with Gasteiger partial charge in [-0.3, -0.25) is 9.59 Å². The maximum Gasteiger partial charge on any atom is 0.268 e. The average molecular weight is 425 g/mol. The third-order valence-corrected chi connectivity index (χ3v) is 4.96. The number of carbonyl (C=O) groups is 2. The smallest absolute Gasteiger partial charge is 0.268 e. The van der Waals surface area contributed by atoms with E-state index in [1.807, 2.05) is 30.3 Å². The molecule has 0 radical (unpaired) electrons. The highest BCUT2D eigenvalue weighted by Crippen LogP contribution is 2.43. The molecule has 3 rings (SSSR count). The number of ether oxygens (including phenoxy) is 3. The molecule has 3 aromatic rings. The molecule has 3 N–H and O–H groups in total. The summed E-state index contributed by atoms with van der Waals surface area (Å²) in [6, 6.07) is 12.6. The molecule has 8 nitrogen and oxygen atoms in total. The van der Waals surface area contributed by atoms with Crippen LogP contribution in [0.25, 0.3) is 10.9 Å². The van der Waals surface area contributed by atoms with Crippen LogP contribution in [0.3, 0.4) is 0 Å². The summed E-state index contributed by atoms with van der Waals surface area (Å²) in [6.45, 7) is 2.14. The number of hydrogen-bond acceptors (Lipinski definition) is 5. The second kappa shape index (κ2) is 9.88. The Morgan fingerprint density at radius 3 is 2.35 bits per heavy atom. The van der Waals surface area contributed by atoms with E-state index in [4.69, 9.17) is 14.2 Å². The van der Waals surface area contributed by atoms with Crippen LogP contribution in [0.2, 0.25) is 0 Å². The highest BCUT2D eigenvalue weighted by molar-refractivity contribution is 6.02. The summed E-state index contributed by atoms with van der Waals surface area (Å²) < 4.78 is 16.2. The zero-order valence-corrected chi connectivity index (χ0v) is 18.1. The van der Waals surface area contributed by atoms with Crippen molar-refractivity contribution in [2.24, 2.45) is 0 Å². The van der Waals surface area contributed by atoms with E-state index < -0.39 is 11.9 Å². The molecule has 2 amide bonds. The Balaban J connectivity index is 1.67. The Morgan fingerprint density at radius 2 is 1.71 bits per heavy atom. The lowest BCUT2D eigenvalue weighted by Crippen LogP contribution is -2.45. The van der Waals surface area contributed by atoms with E-state index in [0.29, 0.717) is 35.0 Å². The van der Waals surface area contributed by atoms with Gasteiger partial charge in [0.1, 0.15) is 11.7 Å². The molecule has 0 aliphatic carbocycles. The standard InChI is InChI=1S/C23H27N3O5/c1-14(22(27)24-11-10-15-8-6-5-7-9-15)25-23(28)17-12-16-13-18(29-2)20(30-3)21(31-4)19(16)26-17/h5-9,12-14,26H,10-11H2,1-4H3,(H,24,27)(H,25,28)/t14-/m0/s1. The van der Waals surface area contributed by atoms with E-state index in [-0.39, 0.29) is 5.91 Å². The first-order chi connectivity index (χ1) is 15.0. The van der Waals surface area contributed by atoms with Crippen molar-refractivity contribution < 1.29 is 23.8 Å². The van der Waals surface area contributed by atoms with Crippen LogP contribution in [0.4, 0.5) is 0 Å². The first kappa shape index (κ1) is 22.0. The number of nitrogens with one attached hydrogen (secondary N) is 3. The average Bonchev–Trinajstić information content (AvgIpc) is 3.22. The predicted octanol–water partition coefficient (Wildman–Crippen LogP) is 2.67. The topological polar surface area (TPSA) is 102 Å². The minimum absolute atomic E-state index is 0.249. The van der Waals surface area contributed by atoms with Gasteiger partial charge >= 0.3 is 0 Å². The number of benzene rings is 2. The molecule has 1 atom stereocenters. The first-order valence-corrected chi connectivity index (χ1v) is 9.92. The number of carbonyl (C=O) groups excluding carboxylic acids is 2. The lowest BCUT2D eigenvalue weighted by atomic mass is 10.1. The zero-order chi connectivity index (χ0) is 22.4. The van der Waals surface area contributed by atoms with E-state index >= 15 is 0 Å². The Labute approximate surface area is 180 Å². The number of methoxy groups -OCH3 is 3. The van der Waals surface area contributed by atoms with Crippen LogP contribution in [-0.4, -0.2) is 50.7 Å². The largest absolute Gasteiger partial charge is 0.493 e. The number of aromatic nitrogens is 1. The number of aromatic amines is 1. The van der Waals surface area contributed by atoms with E-state index in [1.54, 1.807) is 19.1 Å². The van der Waals surface area contributed by atoms with Gasteiger partial charge in [0.2, 0.25) is 11.7 Å². The maximum absolute atomic E-state index is 12.7. The van der Waals surface area contributed by atoms with Crippen LogP contribution in [-0.2, 0) is 11.2 Å². The second-order valence-electron chi connectivity index (χ2n) is 7.01. The second-order valence-corrected chi connectivity index (χ2v) is 7.01. The summed E-state index contributed by atoms with van der Waals surface area (Å²) >= 11 is 0. The molecule has 0 aliphatic rings. The van der Waals surface area contributed by atoms with Gasteiger partial charge in [0.15, 0.2) is 11.5 Å². The quantitative estimate of drug-likeness (QED) is 0.489. The van der Waals surface area contributed by atoms with Gasteiger partial charge in [0, 0.05) is 11.9 Å². The molecule has 31 heavy (non-hydrogen) atoms. The van der Waals surface area contributed by atoms with Crippen molar-refractivity contribution in [3.8, 4) is 17.2 Å². The van der Waals surface area contributed by atoms with Crippen LogP contribution in [0.1, 0.15) is 23.0 Å². The maximum atomic E-state index is 12.7. The van der Waals surface area contributed by atoms with Crippen LogP contribution >= 0.6 is 0 Å². The van der Waals surface area contributed by atoms with Gasteiger partial charge in [0.05, 0.1) is 26.8 Å². The van der Waals surface area contributed by atoms with Gasteiger partial charge in [-0.15, -0.1) is 0 Å². The molecular weight excluding hydrogens is 398 g/mol. The van der Waals surface area contributed by atoms with Crippen molar-refractivity contribution >= 4 is 22.7 Å². The van der Waals surface area contributed by atoms with Crippen molar-refractivity contribution in [2.45, 2.75) is 19.4 Å². The number of hydrogen-bond donors (Lipinski definition) is 3. The fourth-order valence-corrected chi connectivity index (χ4v) is 3.33. The normalized spacial score (nSPS) is 11.6. The molecule has 0 fully saturated rings. The Kier molecular flexibility index (Phi) is 7.02. The van der Waals surface area contributed by atoms with Crippen LogP contribution in [0.15, 0.2) is 42.5 Å². The minimum atomic E-state index is -0.694. The molecule has 2 aromatic carbocycles. The Bertz CT molecular complexity index is 1060. The fourth-order valence-electron chi connectivity index (χ4n) is 3.33. The molecular formula is C23H27N3O5. The summed E-state index contributed by atoms with van der Waals surface area (Å²) in [4.78, 5) is 28.1. The molecule has 0 spiro atoms. The molecule has 1 heterocycles. The number of fused-ring (bicyclic) bond motifs is 1. The monoisotopic (exact) mass is 425 g/mol. The number of amides is 2. The van der Waals surface area contributed by atoms with Gasteiger partial charge in [-0.1, -0.05) is 30.3 Å². The molecule has 1 aromatic heterocycles. The molecule has 0 unspecified atom stereocenters. The summed E-state index contributed by atoms with van der Waals surface area (Å²) in [7, 11) is 4.56. The minimum Gasteiger partial charge on any atom is -0.493 e. The molecule has 164 valence electrons. The zero-order valence-electron chi connectivity index (χ0n) is 18.1. The van der Waals surface area contributed by atoms with E-state index in [2.05, 4.69) is 15.6 Å². The van der Waals surface area contributed by atoms with E-state index in [1.165, 1.54) is 21.3 Å². The van der Waals surface area contributed by atoms with E-state index in [0.717, 1.165) is 17.4 Å². The van der Waals surface area contributed by atoms with Gasteiger partial charge in [-0.05, 0) is 31.0 Å². The van der Waals surface area contributed by atoms with Crippen LogP contribution in [0.5, 0.6) is 17.2 Å². The van der Waals surface area contributed by atoms with Gasteiger partial charge in [-0.2, -0.15) is 0 Å². The van der Waals surface area contributed by atoms with Crippen LogP contribution in [0, 0.1) is 0 Å². The third kappa shape index (κ3) is 4.91. The summed E-state index contributed by atoms with van der Waals surface area (Å²) in [5.74, 6) is 0.701. The van der Waals surface area contributed by atoms with Gasteiger partial charge in [0.25, 0.3) is 5.91 Å². The summed E-state index contributed by atoms with van der Waals surface area (Å²) in [6.07, 6.45) is 0.721. The summed E-state index contributed by atoms with van der Waals surface area (Å²) in [5, 5.41) is 6.28. The highest BCUT2D eigenvalue weighted by atomic mass is 16.5. The number of rotatable bonds is 9. The molecule has 8 heteroatoms. The van der Waals surface area contributed by atoms with Gasteiger partial charge in [-0.25, -0.2) is 0 Å². The number of H-pyrrole nitrogens is 1. The molecule has 0 saturated heterocycles. The van der Waals surface area contributed by atoms with Gasteiger partial charge < -0.3 is 29.8 Å². The van der Waals surface area contributed by atoms with Crippen LogP contribution < -0.4 is 24.8 Å². The third-order valence-electron chi connectivity index (χ3n) is 4.96. The summed E-state index contributed by atoms with van der Waals surface area (Å²) in [5.41, 5.74) is 2.04. The van der Waals surface area contributed by atoms with E-state index in [9.17, 15) is 9.59 Å². The molecule has 0 bridgehead atoms. The van der Waals surface area contributed by atoms with Crippen molar-refractivity contribution in [1.82, 2.24) is 15.6 Å². The molecule has 0 aliphatic heterocycles. The van der Waals surface area contributed by atoms with Crippen molar-refractivity contribution in [3.63, 3.8) is 0 Å². The Hall–Kier alpha value is -3.68. The van der Waals surface area contributed by atoms with Crippen molar-refractivity contribution in [1.29, 1.82) is 0 Å². The van der Waals surface area contributed by atoms with Crippen molar-refractivity contribution in [2.75, 3.05) is 27.9 Å². The lowest BCUT2D eigenvalue weighted by molar-refractivity contribution is -0.122. The molecule has 0 saturated carbocycles. The lowest BCUT2D eigenvalue weighted by Gasteiger charge is -2.14. The predicted molar refractivity (Wildman–Crippen MR) is 118 cm³/mol. The SMILES string of the molecule is COc1cc2cc(C(=O)N[C@@H](C)C(=O)NCCc3ccccc3)[nH]c2c(OC)c1OC. The highest BCUT2D eigenvalue weighted by Gasteiger charge is 2.22. The Morgan fingerprint density at radius 1 is 1.00 bits per heavy atom. The first-order valence-electron chi connectivity index (χ1n) is 9.92. The van der Waals surface area contributed by atoms with Crippen molar-refractivity contribution in [3.05, 3.63) is 53.7 Å².